The molecular formula is C13H20N2. The number of aryl methyl sites for hydroxylation is 2. The number of fused-ring (bicyclic) bond motifs is 1. The van der Waals surface area contributed by atoms with Crippen LogP contribution in [0.4, 0.5) is 5.69 Å². The number of pyridine rings is 1. The van der Waals surface area contributed by atoms with Gasteiger partial charge in [0.05, 0.1) is 0 Å². The van der Waals surface area contributed by atoms with Gasteiger partial charge >= 0.3 is 0 Å². The van der Waals surface area contributed by atoms with Crippen molar-refractivity contribution in [3.8, 4) is 0 Å². The van der Waals surface area contributed by atoms with Gasteiger partial charge in [-0.1, -0.05) is 13.8 Å². The number of rotatable bonds is 3. The second-order valence-electron chi connectivity index (χ2n) is 4.25. The minimum absolute atomic E-state index is 1.09. The molecule has 0 aromatic carbocycles. The van der Waals surface area contributed by atoms with E-state index in [9.17, 15) is 0 Å². The molecule has 15 heavy (non-hydrogen) atoms. The lowest BCUT2D eigenvalue weighted by Gasteiger charge is -2.32. The summed E-state index contributed by atoms with van der Waals surface area (Å²) in [6.07, 6.45) is 8.89. The Morgan fingerprint density at radius 3 is 2.93 bits per heavy atom. The van der Waals surface area contributed by atoms with Crippen LogP contribution in [0.2, 0.25) is 0 Å². The molecule has 0 unspecified atom stereocenters. The van der Waals surface area contributed by atoms with Crippen molar-refractivity contribution in [2.24, 2.45) is 0 Å². The van der Waals surface area contributed by atoms with Crippen molar-refractivity contribution in [1.29, 1.82) is 0 Å². The van der Waals surface area contributed by atoms with E-state index in [1.165, 1.54) is 49.2 Å². The Kier molecular flexibility index (Phi) is 3.24. The molecule has 0 radical (unpaired) electrons. The van der Waals surface area contributed by atoms with Gasteiger partial charge in [0.2, 0.25) is 0 Å². The van der Waals surface area contributed by atoms with E-state index in [2.05, 4.69) is 29.9 Å². The molecule has 0 spiro atoms. The van der Waals surface area contributed by atoms with Crippen LogP contribution in [0.1, 0.15) is 37.8 Å². The molecule has 2 rings (SSSR count). The van der Waals surface area contributed by atoms with Crippen LogP contribution in [-0.2, 0) is 12.8 Å². The van der Waals surface area contributed by atoms with E-state index >= 15 is 0 Å². The SMILES string of the molecule is CCCN1CCCc2cncc(CC)c21. The van der Waals surface area contributed by atoms with Crippen molar-refractivity contribution in [3.63, 3.8) is 0 Å². The average Bonchev–Trinajstić information content (AvgIpc) is 2.29. The quantitative estimate of drug-likeness (QED) is 0.752. The van der Waals surface area contributed by atoms with Crippen molar-refractivity contribution >= 4 is 5.69 Å². The zero-order valence-corrected chi connectivity index (χ0v) is 9.79. The van der Waals surface area contributed by atoms with Gasteiger partial charge in [-0.15, -0.1) is 0 Å². The molecular weight excluding hydrogens is 184 g/mol. The van der Waals surface area contributed by atoms with E-state index in [0.29, 0.717) is 0 Å². The molecule has 1 aliphatic rings. The molecule has 0 bridgehead atoms. The summed E-state index contributed by atoms with van der Waals surface area (Å²) in [7, 11) is 0. The second kappa shape index (κ2) is 4.65. The van der Waals surface area contributed by atoms with E-state index < -0.39 is 0 Å². The first-order chi connectivity index (χ1) is 7.36. The Morgan fingerprint density at radius 2 is 2.20 bits per heavy atom. The molecule has 0 saturated carbocycles. The smallest absolute Gasteiger partial charge is 0.0462 e. The normalized spacial score (nSPS) is 15.2. The number of hydrogen-bond acceptors (Lipinski definition) is 2. The largest absolute Gasteiger partial charge is 0.371 e. The molecule has 0 fully saturated rings. The summed E-state index contributed by atoms with van der Waals surface area (Å²) < 4.78 is 0. The summed E-state index contributed by atoms with van der Waals surface area (Å²) in [5.41, 5.74) is 4.36. The molecule has 2 heteroatoms. The minimum Gasteiger partial charge on any atom is -0.371 e. The van der Waals surface area contributed by atoms with Crippen LogP contribution in [0, 0.1) is 0 Å². The number of aromatic nitrogens is 1. The molecule has 1 aromatic heterocycles. The van der Waals surface area contributed by atoms with Gasteiger partial charge in [0.25, 0.3) is 0 Å². The molecule has 0 amide bonds. The highest BCUT2D eigenvalue weighted by molar-refractivity contribution is 5.60. The second-order valence-corrected chi connectivity index (χ2v) is 4.25. The van der Waals surface area contributed by atoms with Gasteiger partial charge < -0.3 is 4.90 Å². The van der Waals surface area contributed by atoms with Crippen LogP contribution < -0.4 is 4.90 Å². The van der Waals surface area contributed by atoms with Gasteiger partial charge in [-0.25, -0.2) is 0 Å². The fourth-order valence-electron chi connectivity index (χ4n) is 2.46. The summed E-state index contributed by atoms with van der Waals surface area (Å²) in [5.74, 6) is 0. The Hall–Kier alpha value is -1.05. The molecule has 0 atom stereocenters. The third kappa shape index (κ3) is 1.99. The van der Waals surface area contributed by atoms with Gasteiger partial charge in [0.1, 0.15) is 0 Å². The fourth-order valence-corrected chi connectivity index (χ4v) is 2.46. The van der Waals surface area contributed by atoms with Crippen LogP contribution in [0.25, 0.3) is 0 Å². The van der Waals surface area contributed by atoms with Crippen LogP contribution in [0.5, 0.6) is 0 Å². The highest BCUT2D eigenvalue weighted by atomic mass is 15.1. The topological polar surface area (TPSA) is 16.1 Å². The van der Waals surface area contributed by atoms with Gasteiger partial charge in [-0.3, -0.25) is 4.98 Å². The summed E-state index contributed by atoms with van der Waals surface area (Å²) in [6.45, 7) is 6.87. The third-order valence-electron chi connectivity index (χ3n) is 3.13. The van der Waals surface area contributed by atoms with Crippen molar-refractivity contribution in [3.05, 3.63) is 23.5 Å². The van der Waals surface area contributed by atoms with E-state index in [-0.39, 0.29) is 0 Å². The van der Waals surface area contributed by atoms with E-state index in [1.54, 1.807) is 0 Å². The minimum atomic E-state index is 1.09. The number of anilines is 1. The third-order valence-corrected chi connectivity index (χ3v) is 3.13. The maximum absolute atomic E-state index is 4.34. The van der Waals surface area contributed by atoms with Crippen molar-refractivity contribution in [1.82, 2.24) is 4.98 Å². The van der Waals surface area contributed by atoms with Gasteiger partial charge in [0, 0.05) is 31.2 Å². The molecule has 0 aliphatic carbocycles. The van der Waals surface area contributed by atoms with Crippen molar-refractivity contribution < 1.29 is 0 Å². The first-order valence-electron chi connectivity index (χ1n) is 6.07. The zero-order valence-electron chi connectivity index (χ0n) is 9.79. The Labute approximate surface area is 92.3 Å². The summed E-state index contributed by atoms with van der Waals surface area (Å²) in [5, 5.41) is 0. The Balaban J connectivity index is 2.38. The van der Waals surface area contributed by atoms with Gasteiger partial charge in [-0.2, -0.15) is 0 Å². The van der Waals surface area contributed by atoms with E-state index in [1.807, 2.05) is 6.20 Å². The van der Waals surface area contributed by atoms with E-state index in [0.717, 1.165) is 6.42 Å². The summed E-state index contributed by atoms with van der Waals surface area (Å²) in [6, 6.07) is 0. The molecule has 82 valence electrons. The van der Waals surface area contributed by atoms with Crippen LogP contribution >= 0.6 is 0 Å². The van der Waals surface area contributed by atoms with Crippen LogP contribution in [-0.4, -0.2) is 18.1 Å². The lowest BCUT2D eigenvalue weighted by Crippen LogP contribution is -2.31. The van der Waals surface area contributed by atoms with Crippen molar-refractivity contribution in [2.75, 3.05) is 18.0 Å². The highest BCUT2D eigenvalue weighted by Gasteiger charge is 2.18. The monoisotopic (exact) mass is 204 g/mol. The van der Waals surface area contributed by atoms with Gasteiger partial charge in [-0.05, 0) is 36.8 Å². The molecule has 1 aliphatic heterocycles. The maximum Gasteiger partial charge on any atom is 0.0462 e. The summed E-state index contributed by atoms with van der Waals surface area (Å²) in [4.78, 5) is 6.88. The van der Waals surface area contributed by atoms with E-state index in [4.69, 9.17) is 0 Å². The molecule has 2 nitrogen and oxygen atoms in total. The molecule has 2 heterocycles. The van der Waals surface area contributed by atoms with Crippen LogP contribution in [0.3, 0.4) is 0 Å². The van der Waals surface area contributed by atoms with Gasteiger partial charge in [0.15, 0.2) is 0 Å². The predicted octanol–water partition coefficient (Wildman–Crippen LogP) is 2.81. The highest BCUT2D eigenvalue weighted by Crippen LogP contribution is 2.30. The molecule has 0 saturated heterocycles. The molecule has 1 aromatic rings. The first kappa shape index (κ1) is 10.5. The zero-order chi connectivity index (χ0) is 10.7. The van der Waals surface area contributed by atoms with Crippen molar-refractivity contribution in [2.45, 2.75) is 39.5 Å². The summed E-state index contributed by atoms with van der Waals surface area (Å²) >= 11 is 0. The Bertz CT molecular complexity index is 319. The first-order valence-corrected chi connectivity index (χ1v) is 6.07. The molecule has 0 N–H and O–H groups in total. The number of nitrogens with zero attached hydrogens (tertiary/aromatic N) is 2. The average molecular weight is 204 g/mol. The maximum atomic E-state index is 4.34. The van der Waals surface area contributed by atoms with Crippen LogP contribution in [0.15, 0.2) is 12.4 Å². The lowest BCUT2D eigenvalue weighted by atomic mass is 9.99. The number of hydrogen-bond donors (Lipinski definition) is 0. The predicted molar refractivity (Wildman–Crippen MR) is 64.4 cm³/mol. The standard InChI is InChI=1S/C13H20N2/c1-3-7-15-8-5-6-12-10-14-9-11(4-2)13(12)15/h9-10H,3-8H2,1-2H3. The Morgan fingerprint density at radius 1 is 1.33 bits per heavy atom. The fraction of sp³-hybridized carbons (Fsp3) is 0.615. The lowest BCUT2D eigenvalue weighted by molar-refractivity contribution is 0.674.